The van der Waals surface area contributed by atoms with E-state index in [2.05, 4.69) is 16.6 Å². The number of phenolic OH excluding ortho intramolecular Hbond substituents is 1. The summed E-state index contributed by atoms with van der Waals surface area (Å²) in [5.74, 6) is 4.33. The normalized spacial score (nSPS) is 8.93. The van der Waals surface area contributed by atoms with Crippen molar-refractivity contribution in [1.82, 2.24) is 0 Å². The van der Waals surface area contributed by atoms with Gasteiger partial charge in [-0.3, -0.25) is 0 Å². The van der Waals surface area contributed by atoms with Gasteiger partial charge in [0.2, 0.25) is 0 Å². The molecule has 78 valence electrons. The van der Waals surface area contributed by atoms with Crippen molar-refractivity contribution >= 4 is 5.97 Å². The van der Waals surface area contributed by atoms with Crippen molar-refractivity contribution in [3.8, 4) is 17.6 Å². The fourth-order valence-electron chi connectivity index (χ4n) is 1.03. The zero-order valence-corrected chi connectivity index (χ0v) is 8.70. The minimum Gasteiger partial charge on any atom is -0.507 e. The molecule has 0 saturated heterocycles. The van der Waals surface area contributed by atoms with Gasteiger partial charge in [0.15, 0.2) is 0 Å². The second-order valence-electron chi connectivity index (χ2n) is 2.99. The van der Waals surface area contributed by atoms with E-state index in [9.17, 15) is 9.90 Å². The molecular weight excluding hydrogens is 192 g/mol. The lowest BCUT2D eigenvalue weighted by Crippen LogP contribution is -1.99. The van der Waals surface area contributed by atoms with Gasteiger partial charge in [0.05, 0.1) is 12.2 Å². The standard InChI is InChI=1S/C12H12O3/c1-3-15-12(14)7-6-10-5-4-9(2)8-11(10)13/h4-5,8,13H,3H2,1-2H3. The van der Waals surface area contributed by atoms with Crippen molar-refractivity contribution in [3.05, 3.63) is 29.3 Å². The molecule has 3 nitrogen and oxygen atoms in total. The van der Waals surface area contributed by atoms with E-state index in [1.54, 1.807) is 19.1 Å². The van der Waals surface area contributed by atoms with Crippen LogP contribution in [0.4, 0.5) is 0 Å². The molecule has 0 fully saturated rings. The highest BCUT2D eigenvalue weighted by Gasteiger charge is 1.98. The van der Waals surface area contributed by atoms with E-state index in [4.69, 9.17) is 0 Å². The largest absolute Gasteiger partial charge is 0.507 e. The molecular formula is C12H12O3. The fraction of sp³-hybridized carbons (Fsp3) is 0.250. The van der Waals surface area contributed by atoms with Gasteiger partial charge in [-0.2, -0.15) is 0 Å². The fourth-order valence-corrected chi connectivity index (χ4v) is 1.03. The quantitative estimate of drug-likeness (QED) is 0.558. The summed E-state index contributed by atoms with van der Waals surface area (Å²) in [5.41, 5.74) is 1.36. The molecule has 0 aliphatic carbocycles. The maximum Gasteiger partial charge on any atom is 0.384 e. The van der Waals surface area contributed by atoms with E-state index in [1.165, 1.54) is 0 Å². The molecule has 0 aliphatic heterocycles. The Morgan fingerprint density at radius 3 is 2.87 bits per heavy atom. The van der Waals surface area contributed by atoms with Crippen molar-refractivity contribution in [3.63, 3.8) is 0 Å². The highest BCUT2D eigenvalue weighted by molar-refractivity contribution is 5.89. The van der Waals surface area contributed by atoms with Crippen LogP contribution >= 0.6 is 0 Å². The molecule has 0 saturated carbocycles. The Morgan fingerprint density at radius 1 is 1.53 bits per heavy atom. The monoisotopic (exact) mass is 204 g/mol. The van der Waals surface area contributed by atoms with Crippen molar-refractivity contribution in [1.29, 1.82) is 0 Å². The SMILES string of the molecule is CCOC(=O)C#Cc1ccc(C)cc1O. The number of benzene rings is 1. The van der Waals surface area contributed by atoms with Gasteiger partial charge in [-0.05, 0) is 31.5 Å². The lowest BCUT2D eigenvalue weighted by molar-refractivity contribution is -0.136. The maximum atomic E-state index is 10.9. The Bertz CT molecular complexity index is 424. The summed E-state index contributed by atoms with van der Waals surface area (Å²) in [6, 6.07) is 5.07. The van der Waals surface area contributed by atoms with Gasteiger partial charge in [-0.1, -0.05) is 12.0 Å². The van der Waals surface area contributed by atoms with Gasteiger partial charge >= 0.3 is 5.97 Å². The summed E-state index contributed by atoms with van der Waals surface area (Å²) < 4.78 is 4.63. The molecule has 1 N–H and O–H groups in total. The number of rotatable bonds is 1. The molecule has 1 aromatic carbocycles. The average Bonchev–Trinajstić information content (AvgIpc) is 2.17. The number of phenols is 1. The van der Waals surface area contributed by atoms with Gasteiger partial charge in [0.1, 0.15) is 5.75 Å². The van der Waals surface area contributed by atoms with Crippen LogP contribution in [0.15, 0.2) is 18.2 Å². The van der Waals surface area contributed by atoms with Gasteiger partial charge in [-0.15, -0.1) is 0 Å². The van der Waals surface area contributed by atoms with Crippen LogP contribution in [0.25, 0.3) is 0 Å². The molecule has 0 aromatic heterocycles. The first-order valence-corrected chi connectivity index (χ1v) is 4.62. The summed E-state index contributed by atoms with van der Waals surface area (Å²) in [6.07, 6.45) is 0. The van der Waals surface area contributed by atoms with Crippen LogP contribution in [0.5, 0.6) is 5.75 Å². The van der Waals surface area contributed by atoms with Crippen LogP contribution in [-0.4, -0.2) is 17.7 Å². The summed E-state index contributed by atoms with van der Waals surface area (Å²) in [7, 11) is 0. The van der Waals surface area contributed by atoms with E-state index in [-0.39, 0.29) is 5.75 Å². The Balaban J connectivity index is 2.84. The molecule has 0 amide bonds. The van der Waals surface area contributed by atoms with Crippen LogP contribution in [0.3, 0.4) is 0 Å². The van der Waals surface area contributed by atoms with Crippen LogP contribution < -0.4 is 0 Å². The molecule has 1 rings (SSSR count). The third-order valence-electron chi connectivity index (χ3n) is 1.73. The van der Waals surface area contributed by atoms with Crippen molar-refractivity contribution in [2.45, 2.75) is 13.8 Å². The molecule has 0 atom stereocenters. The number of aromatic hydroxyl groups is 1. The van der Waals surface area contributed by atoms with Crippen LogP contribution in [0, 0.1) is 18.8 Å². The van der Waals surface area contributed by atoms with E-state index in [0.29, 0.717) is 12.2 Å². The molecule has 0 heterocycles. The van der Waals surface area contributed by atoms with Crippen LogP contribution in [0.1, 0.15) is 18.1 Å². The molecule has 0 spiro atoms. The van der Waals surface area contributed by atoms with Gasteiger partial charge in [-0.25, -0.2) is 4.79 Å². The molecule has 0 unspecified atom stereocenters. The average molecular weight is 204 g/mol. The Hall–Kier alpha value is -1.95. The number of aryl methyl sites for hydroxylation is 1. The highest BCUT2D eigenvalue weighted by atomic mass is 16.5. The third-order valence-corrected chi connectivity index (χ3v) is 1.73. The lowest BCUT2D eigenvalue weighted by Gasteiger charge is -1.97. The highest BCUT2D eigenvalue weighted by Crippen LogP contribution is 2.16. The number of esters is 1. The van der Waals surface area contributed by atoms with E-state index in [1.807, 2.05) is 13.0 Å². The molecule has 0 radical (unpaired) electrons. The molecule has 0 aliphatic rings. The van der Waals surface area contributed by atoms with Gasteiger partial charge < -0.3 is 9.84 Å². The predicted molar refractivity (Wildman–Crippen MR) is 56.4 cm³/mol. The molecule has 0 bridgehead atoms. The first-order chi connectivity index (χ1) is 7.13. The lowest BCUT2D eigenvalue weighted by atomic mass is 10.1. The summed E-state index contributed by atoms with van der Waals surface area (Å²) in [4.78, 5) is 10.9. The number of hydrogen-bond acceptors (Lipinski definition) is 3. The van der Waals surface area contributed by atoms with Crippen molar-refractivity contribution in [2.24, 2.45) is 0 Å². The maximum absolute atomic E-state index is 10.9. The second kappa shape index (κ2) is 5.06. The number of ether oxygens (including phenoxy) is 1. The number of carbonyl (C=O) groups excluding carboxylic acids is 1. The molecule has 1 aromatic rings. The summed E-state index contributed by atoms with van der Waals surface area (Å²) >= 11 is 0. The van der Waals surface area contributed by atoms with Crippen molar-refractivity contribution < 1.29 is 14.6 Å². The molecule has 3 heteroatoms. The predicted octanol–water partition coefficient (Wildman–Crippen LogP) is 1.62. The Labute approximate surface area is 88.7 Å². The van der Waals surface area contributed by atoms with Gasteiger partial charge in [0, 0.05) is 5.92 Å². The van der Waals surface area contributed by atoms with E-state index >= 15 is 0 Å². The third kappa shape index (κ3) is 3.35. The zero-order chi connectivity index (χ0) is 11.3. The summed E-state index contributed by atoms with van der Waals surface area (Å²) in [5, 5.41) is 9.48. The zero-order valence-electron chi connectivity index (χ0n) is 8.70. The Morgan fingerprint density at radius 2 is 2.27 bits per heavy atom. The Kier molecular flexibility index (Phi) is 3.75. The number of hydrogen-bond donors (Lipinski definition) is 1. The smallest absolute Gasteiger partial charge is 0.384 e. The first-order valence-electron chi connectivity index (χ1n) is 4.62. The topological polar surface area (TPSA) is 46.5 Å². The molecule has 15 heavy (non-hydrogen) atoms. The van der Waals surface area contributed by atoms with Crippen molar-refractivity contribution in [2.75, 3.05) is 6.61 Å². The van der Waals surface area contributed by atoms with E-state index in [0.717, 1.165) is 5.56 Å². The van der Waals surface area contributed by atoms with Crippen LogP contribution in [-0.2, 0) is 9.53 Å². The number of carbonyl (C=O) groups is 1. The van der Waals surface area contributed by atoms with Gasteiger partial charge in [0.25, 0.3) is 0 Å². The van der Waals surface area contributed by atoms with Crippen LogP contribution in [0.2, 0.25) is 0 Å². The minimum atomic E-state index is -0.586. The van der Waals surface area contributed by atoms with E-state index < -0.39 is 5.97 Å². The minimum absolute atomic E-state index is 0.0757. The second-order valence-corrected chi connectivity index (χ2v) is 2.99. The first kappa shape index (κ1) is 11.1. The summed E-state index contributed by atoms with van der Waals surface area (Å²) in [6.45, 7) is 3.87.